The van der Waals surface area contributed by atoms with E-state index in [4.69, 9.17) is 10.1 Å². The first kappa shape index (κ1) is 16.9. The minimum Gasteiger partial charge on any atom is -0.328 e. The number of nitrogens with zero attached hydrogens (tertiary/aromatic N) is 4. The standard InChI is InChI=1S/C22H21N5O/c1-22(2)11-16-18(17(28)12-22)19(14-7-4-3-5-8-14)27-21(24-16)25-20(26-27)15-9-6-10-23-13-15/h3-10,13,19H,11-12H2,1-2H3,(H,24,25,26). The van der Waals surface area contributed by atoms with Gasteiger partial charge in [-0.1, -0.05) is 44.2 Å². The number of anilines is 1. The predicted octanol–water partition coefficient (Wildman–Crippen LogP) is 4.00. The molecule has 1 aliphatic heterocycles. The highest BCUT2D eigenvalue weighted by atomic mass is 16.1. The smallest absolute Gasteiger partial charge is 0.226 e. The van der Waals surface area contributed by atoms with Gasteiger partial charge in [0.2, 0.25) is 5.95 Å². The van der Waals surface area contributed by atoms with Gasteiger partial charge in [-0.15, -0.1) is 5.10 Å². The molecule has 1 aromatic carbocycles. The van der Waals surface area contributed by atoms with E-state index in [1.165, 1.54) is 0 Å². The Morgan fingerprint density at radius 3 is 2.68 bits per heavy atom. The van der Waals surface area contributed by atoms with Crippen LogP contribution in [-0.4, -0.2) is 25.5 Å². The first-order valence-electron chi connectivity index (χ1n) is 9.47. The second-order valence-corrected chi connectivity index (χ2v) is 8.22. The molecule has 0 amide bonds. The second-order valence-electron chi connectivity index (χ2n) is 8.22. The van der Waals surface area contributed by atoms with Crippen molar-refractivity contribution in [3.63, 3.8) is 0 Å². The van der Waals surface area contributed by atoms with Gasteiger partial charge >= 0.3 is 0 Å². The molecule has 1 N–H and O–H groups in total. The van der Waals surface area contributed by atoms with Gasteiger partial charge in [-0.05, 0) is 29.5 Å². The molecule has 6 heteroatoms. The first-order chi connectivity index (χ1) is 13.5. The third-order valence-electron chi connectivity index (χ3n) is 5.37. The summed E-state index contributed by atoms with van der Waals surface area (Å²) in [5, 5.41) is 8.16. The van der Waals surface area contributed by atoms with Crippen LogP contribution in [0.25, 0.3) is 11.4 Å². The third-order valence-corrected chi connectivity index (χ3v) is 5.37. The molecule has 5 rings (SSSR count). The van der Waals surface area contributed by atoms with E-state index < -0.39 is 0 Å². The number of aromatic nitrogens is 4. The Bertz CT molecular complexity index is 1080. The molecule has 0 spiro atoms. The van der Waals surface area contributed by atoms with Gasteiger partial charge < -0.3 is 5.32 Å². The number of carbonyl (C=O) groups excluding carboxylic acids is 1. The lowest BCUT2D eigenvalue weighted by Gasteiger charge is -2.38. The number of carbonyl (C=O) groups is 1. The molecule has 6 nitrogen and oxygen atoms in total. The number of benzene rings is 1. The molecular formula is C22H21N5O. The van der Waals surface area contributed by atoms with Gasteiger partial charge in [-0.2, -0.15) is 4.98 Å². The van der Waals surface area contributed by atoms with Crippen LogP contribution in [0.4, 0.5) is 5.95 Å². The Morgan fingerprint density at radius 1 is 1.11 bits per heavy atom. The van der Waals surface area contributed by atoms with Crippen LogP contribution in [-0.2, 0) is 4.79 Å². The summed E-state index contributed by atoms with van der Waals surface area (Å²) >= 11 is 0. The Kier molecular flexibility index (Phi) is 3.69. The molecule has 28 heavy (non-hydrogen) atoms. The Hall–Kier alpha value is -3.28. The summed E-state index contributed by atoms with van der Waals surface area (Å²) in [6.07, 6.45) is 4.83. The van der Waals surface area contributed by atoms with E-state index in [1.807, 2.05) is 47.1 Å². The second kappa shape index (κ2) is 6.12. The molecule has 140 valence electrons. The fraction of sp³-hybridized carbons (Fsp3) is 0.273. The van der Waals surface area contributed by atoms with Crippen molar-refractivity contribution in [1.29, 1.82) is 0 Å². The van der Waals surface area contributed by atoms with Gasteiger partial charge in [0.25, 0.3) is 0 Å². The minimum atomic E-state index is -0.269. The summed E-state index contributed by atoms with van der Waals surface area (Å²) in [4.78, 5) is 22.0. The lowest BCUT2D eigenvalue weighted by atomic mass is 9.73. The van der Waals surface area contributed by atoms with Crippen LogP contribution < -0.4 is 5.32 Å². The molecule has 2 aromatic heterocycles. The summed E-state index contributed by atoms with van der Waals surface area (Å²) < 4.78 is 1.84. The molecule has 0 radical (unpaired) electrons. The average Bonchev–Trinajstić information content (AvgIpc) is 3.10. The van der Waals surface area contributed by atoms with Crippen molar-refractivity contribution in [2.45, 2.75) is 32.7 Å². The van der Waals surface area contributed by atoms with Crippen molar-refractivity contribution in [2.75, 3.05) is 5.32 Å². The Balaban J connectivity index is 1.69. The van der Waals surface area contributed by atoms with Crippen molar-refractivity contribution >= 4 is 11.7 Å². The minimum absolute atomic E-state index is 0.0709. The quantitative estimate of drug-likeness (QED) is 0.737. The van der Waals surface area contributed by atoms with Crippen LogP contribution in [0.3, 0.4) is 0 Å². The van der Waals surface area contributed by atoms with Crippen molar-refractivity contribution in [2.24, 2.45) is 5.41 Å². The van der Waals surface area contributed by atoms with E-state index in [0.717, 1.165) is 28.8 Å². The van der Waals surface area contributed by atoms with E-state index in [2.05, 4.69) is 24.1 Å². The van der Waals surface area contributed by atoms with Crippen LogP contribution in [0.2, 0.25) is 0 Å². The monoisotopic (exact) mass is 371 g/mol. The maximum absolute atomic E-state index is 13.1. The lowest BCUT2D eigenvalue weighted by Crippen LogP contribution is -2.36. The molecule has 3 heterocycles. The van der Waals surface area contributed by atoms with Crippen LogP contribution >= 0.6 is 0 Å². The highest BCUT2D eigenvalue weighted by Gasteiger charge is 2.41. The highest BCUT2D eigenvalue weighted by Crippen LogP contribution is 2.45. The number of ketones is 1. The van der Waals surface area contributed by atoms with E-state index >= 15 is 0 Å². The fourth-order valence-electron chi connectivity index (χ4n) is 4.17. The molecule has 1 unspecified atom stereocenters. The first-order valence-corrected chi connectivity index (χ1v) is 9.47. The van der Waals surface area contributed by atoms with Crippen molar-refractivity contribution in [3.8, 4) is 11.4 Å². The summed E-state index contributed by atoms with van der Waals surface area (Å²) in [5.74, 6) is 1.44. The van der Waals surface area contributed by atoms with E-state index in [9.17, 15) is 4.79 Å². The zero-order chi connectivity index (χ0) is 19.3. The molecule has 3 aromatic rings. The molecule has 1 aliphatic carbocycles. The van der Waals surface area contributed by atoms with E-state index in [0.29, 0.717) is 18.2 Å². The van der Waals surface area contributed by atoms with Crippen molar-refractivity contribution in [3.05, 3.63) is 71.7 Å². The maximum atomic E-state index is 13.1. The summed E-state index contributed by atoms with van der Waals surface area (Å²) in [6.45, 7) is 4.27. The predicted molar refractivity (Wildman–Crippen MR) is 107 cm³/mol. The highest BCUT2D eigenvalue weighted by molar-refractivity contribution is 6.00. The zero-order valence-corrected chi connectivity index (χ0v) is 15.9. The van der Waals surface area contributed by atoms with Crippen LogP contribution in [0.1, 0.15) is 38.3 Å². The summed E-state index contributed by atoms with van der Waals surface area (Å²) in [5.41, 5.74) is 3.59. The van der Waals surface area contributed by atoms with E-state index in [1.54, 1.807) is 12.4 Å². The number of nitrogens with one attached hydrogen (secondary N) is 1. The van der Waals surface area contributed by atoms with Gasteiger partial charge in [0.1, 0.15) is 6.04 Å². The Labute approximate surface area is 163 Å². The third kappa shape index (κ3) is 2.72. The molecule has 0 saturated carbocycles. The summed E-state index contributed by atoms with van der Waals surface area (Å²) in [7, 11) is 0. The van der Waals surface area contributed by atoms with Gasteiger partial charge in [-0.3, -0.25) is 9.78 Å². The molecule has 1 atom stereocenters. The van der Waals surface area contributed by atoms with Crippen LogP contribution in [0.15, 0.2) is 66.1 Å². The SMILES string of the molecule is CC1(C)CC(=O)C2=C(C1)Nc1nc(-c3cccnc3)nn1C2c1ccccc1. The fourth-order valence-corrected chi connectivity index (χ4v) is 4.17. The van der Waals surface area contributed by atoms with Crippen LogP contribution in [0.5, 0.6) is 0 Å². The van der Waals surface area contributed by atoms with Gasteiger partial charge in [0, 0.05) is 35.6 Å². The van der Waals surface area contributed by atoms with E-state index in [-0.39, 0.29) is 17.2 Å². The number of pyridine rings is 1. The molecule has 0 bridgehead atoms. The Morgan fingerprint density at radius 2 is 1.93 bits per heavy atom. The lowest BCUT2D eigenvalue weighted by molar-refractivity contribution is -0.118. The van der Waals surface area contributed by atoms with Crippen molar-refractivity contribution in [1.82, 2.24) is 19.7 Å². The van der Waals surface area contributed by atoms with Gasteiger partial charge in [-0.25, -0.2) is 4.68 Å². The largest absolute Gasteiger partial charge is 0.328 e. The normalized spacial score (nSPS) is 20.4. The maximum Gasteiger partial charge on any atom is 0.226 e. The average molecular weight is 371 g/mol. The number of allylic oxidation sites excluding steroid dienone is 2. The zero-order valence-electron chi connectivity index (χ0n) is 15.9. The van der Waals surface area contributed by atoms with Gasteiger partial charge in [0.05, 0.1) is 0 Å². The van der Waals surface area contributed by atoms with Crippen molar-refractivity contribution < 1.29 is 4.79 Å². The molecule has 0 saturated heterocycles. The topological polar surface area (TPSA) is 72.7 Å². The number of hydrogen-bond acceptors (Lipinski definition) is 5. The molecular weight excluding hydrogens is 350 g/mol. The molecule has 0 fully saturated rings. The van der Waals surface area contributed by atoms with Gasteiger partial charge in [0.15, 0.2) is 11.6 Å². The number of hydrogen-bond donors (Lipinski definition) is 1. The van der Waals surface area contributed by atoms with Crippen LogP contribution in [0, 0.1) is 5.41 Å². The number of Topliss-reactive ketones (excluding diaryl/α,β-unsaturated/α-hetero) is 1. The number of rotatable bonds is 2. The number of fused-ring (bicyclic) bond motifs is 1. The molecule has 2 aliphatic rings. The summed E-state index contributed by atoms with van der Waals surface area (Å²) in [6, 6.07) is 13.6.